The lowest BCUT2D eigenvalue weighted by molar-refractivity contribution is -0.139. The lowest BCUT2D eigenvalue weighted by Crippen LogP contribution is -2.44. The molecule has 0 bridgehead atoms. The van der Waals surface area contributed by atoms with Crippen LogP contribution in [0.5, 0.6) is 5.75 Å². The molecule has 3 rings (SSSR count). The normalized spacial score (nSPS) is 17.0. The van der Waals surface area contributed by atoms with Gasteiger partial charge in [0.25, 0.3) is 0 Å². The second kappa shape index (κ2) is 7.66. The summed E-state index contributed by atoms with van der Waals surface area (Å²) in [5, 5.41) is 0.804. The van der Waals surface area contributed by atoms with Gasteiger partial charge in [-0.05, 0) is 57.7 Å². The molecule has 28 heavy (non-hydrogen) atoms. The number of likely N-dealkylation sites (tertiary alicyclic amines) is 1. The molecule has 1 aliphatic heterocycles. The summed E-state index contributed by atoms with van der Waals surface area (Å²) in [6.45, 7) is 7.74. The van der Waals surface area contributed by atoms with Gasteiger partial charge in [0.15, 0.2) is 0 Å². The summed E-state index contributed by atoms with van der Waals surface area (Å²) in [5.74, 6) is -0.262. The van der Waals surface area contributed by atoms with Crippen molar-refractivity contribution in [3.05, 3.63) is 40.2 Å². The van der Waals surface area contributed by atoms with Crippen molar-refractivity contribution in [3.63, 3.8) is 0 Å². The Morgan fingerprint density at radius 1 is 1.25 bits per heavy atom. The summed E-state index contributed by atoms with van der Waals surface area (Å²) < 4.78 is 16.1. The summed E-state index contributed by atoms with van der Waals surface area (Å²) in [5.41, 5.74) is 0.155. The van der Waals surface area contributed by atoms with Crippen LogP contribution in [0.25, 0.3) is 11.0 Å². The van der Waals surface area contributed by atoms with Crippen molar-refractivity contribution in [2.24, 2.45) is 0 Å². The molecule has 1 amide bonds. The van der Waals surface area contributed by atoms with Gasteiger partial charge in [0.05, 0.1) is 0 Å². The highest BCUT2D eigenvalue weighted by Crippen LogP contribution is 2.26. The van der Waals surface area contributed by atoms with E-state index in [1.54, 1.807) is 32.9 Å². The number of amides is 1. The van der Waals surface area contributed by atoms with Crippen LogP contribution in [0, 0.1) is 0 Å². The van der Waals surface area contributed by atoms with Crippen LogP contribution in [0.3, 0.4) is 0 Å². The van der Waals surface area contributed by atoms with Gasteiger partial charge in [-0.1, -0.05) is 6.92 Å². The van der Waals surface area contributed by atoms with E-state index in [-0.39, 0.29) is 5.75 Å². The first-order valence-electron chi connectivity index (χ1n) is 9.46. The minimum Gasteiger partial charge on any atom is -0.444 e. The molecular weight excluding hydrogens is 362 g/mol. The van der Waals surface area contributed by atoms with Crippen molar-refractivity contribution in [2.45, 2.75) is 58.6 Å². The predicted octanol–water partition coefficient (Wildman–Crippen LogP) is 3.66. The highest BCUT2D eigenvalue weighted by atomic mass is 16.6. The molecule has 2 heterocycles. The van der Waals surface area contributed by atoms with Crippen molar-refractivity contribution < 1.29 is 23.5 Å². The molecule has 1 aromatic heterocycles. The molecule has 1 atom stereocenters. The molecule has 7 nitrogen and oxygen atoms in total. The average Bonchev–Trinajstić information content (AvgIpc) is 3.09. The molecule has 0 saturated carbocycles. The number of hydrogen-bond donors (Lipinski definition) is 0. The molecule has 7 heteroatoms. The fourth-order valence-electron chi connectivity index (χ4n) is 3.30. The fraction of sp³-hybridized carbons (Fsp3) is 0.476. The summed E-state index contributed by atoms with van der Waals surface area (Å²) in [6, 6.07) is 5.72. The zero-order valence-corrected chi connectivity index (χ0v) is 16.6. The molecule has 2 aromatic rings. The molecule has 0 radical (unpaired) electrons. The van der Waals surface area contributed by atoms with E-state index in [1.165, 1.54) is 17.0 Å². The van der Waals surface area contributed by atoms with E-state index >= 15 is 0 Å². The lowest BCUT2D eigenvalue weighted by atomic mass is 10.1. The van der Waals surface area contributed by atoms with Gasteiger partial charge in [0, 0.05) is 24.1 Å². The second-order valence-corrected chi connectivity index (χ2v) is 7.86. The van der Waals surface area contributed by atoms with Gasteiger partial charge in [-0.15, -0.1) is 0 Å². The maximum atomic E-state index is 12.7. The first kappa shape index (κ1) is 19.9. The third kappa shape index (κ3) is 4.35. The molecule has 0 spiro atoms. The van der Waals surface area contributed by atoms with Crippen LogP contribution in [0.2, 0.25) is 0 Å². The Balaban J connectivity index is 1.78. The van der Waals surface area contributed by atoms with Crippen LogP contribution in [-0.2, 0) is 16.0 Å². The Morgan fingerprint density at radius 3 is 2.68 bits per heavy atom. The van der Waals surface area contributed by atoms with E-state index < -0.39 is 29.3 Å². The number of ether oxygens (including phenoxy) is 2. The molecule has 0 unspecified atom stereocenters. The maximum absolute atomic E-state index is 12.7. The standard InChI is InChI=1S/C21H25NO6/c1-5-13-11-18(23)27-17-12-14(8-9-15(13)17)26-19(24)16-7-6-10-22(16)20(25)28-21(2,3)4/h8-9,11-12,16H,5-7,10H2,1-4H3/t16-/m0/s1. The number of carbonyl (C=O) groups excluding carboxylic acids is 2. The Bertz CT molecular complexity index is 956. The van der Waals surface area contributed by atoms with Crippen LogP contribution >= 0.6 is 0 Å². The molecular formula is C21H25NO6. The highest BCUT2D eigenvalue weighted by Gasteiger charge is 2.37. The van der Waals surface area contributed by atoms with E-state index in [1.807, 2.05) is 6.92 Å². The maximum Gasteiger partial charge on any atom is 0.411 e. The van der Waals surface area contributed by atoms with Gasteiger partial charge in [0.2, 0.25) is 0 Å². The molecule has 0 N–H and O–H groups in total. The molecule has 0 aliphatic carbocycles. The zero-order chi connectivity index (χ0) is 20.5. The van der Waals surface area contributed by atoms with E-state index in [0.717, 1.165) is 10.9 Å². The van der Waals surface area contributed by atoms with Crippen molar-refractivity contribution >= 4 is 23.0 Å². The van der Waals surface area contributed by atoms with Crippen LogP contribution in [-0.4, -0.2) is 35.2 Å². The van der Waals surface area contributed by atoms with Crippen LogP contribution in [0.15, 0.2) is 33.5 Å². The third-order valence-electron chi connectivity index (χ3n) is 4.55. The van der Waals surface area contributed by atoms with Crippen molar-refractivity contribution in [3.8, 4) is 5.75 Å². The van der Waals surface area contributed by atoms with Crippen LogP contribution < -0.4 is 10.4 Å². The fourth-order valence-corrected chi connectivity index (χ4v) is 3.30. The Kier molecular flexibility index (Phi) is 5.45. The first-order valence-corrected chi connectivity index (χ1v) is 9.46. The van der Waals surface area contributed by atoms with Gasteiger partial charge in [-0.3, -0.25) is 4.90 Å². The zero-order valence-electron chi connectivity index (χ0n) is 16.6. The summed E-state index contributed by atoms with van der Waals surface area (Å²) in [4.78, 5) is 38.1. The largest absolute Gasteiger partial charge is 0.444 e. The molecule has 1 aliphatic rings. The van der Waals surface area contributed by atoms with Gasteiger partial charge in [-0.2, -0.15) is 0 Å². The molecule has 1 aromatic carbocycles. The summed E-state index contributed by atoms with van der Waals surface area (Å²) >= 11 is 0. The minimum absolute atomic E-state index is 0.268. The third-order valence-corrected chi connectivity index (χ3v) is 4.55. The number of rotatable bonds is 3. The quantitative estimate of drug-likeness (QED) is 0.454. The van der Waals surface area contributed by atoms with Crippen molar-refractivity contribution in [1.29, 1.82) is 0 Å². The number of esters is 1. The van der Waals surface area contributed by atoms with Gasteiger partial charge < -0.3 is 13.9 Å². The molecule has 1 saturated heterocycles. The average molecular weight is 387 g/mol. The van der Waals surface area contributed by atoms with Crippen LogP contribution in [0.4, 0.5) is 4.79 Å². The Morgan fingerprint density at radius 2 is 2.00 bits per heavy atom. The van der Waals surface area contributed by atoms with Gasteiger partial charge in [-0.25, -0.2) is 14.4 Å². The minimum atomic E-state index is -0.695. The van der Waals surface area contributed by atoms with E-state index in [0.29, 0.717) is 31.4 Å². The lowest BCUT2D eigenvalue weighted by Gasteiger charge is -2.27. The van der Waals surface area contributed by atoms with E-state index in [9.17, 15) is 14.4 Å². The molecule has 150 valence electrons. The van der Waals surface area contributed by atoms with Gasteiger partial charge >= 0.3 is 17.7 Å². The second-order valence-electron chi connectivity index (χ2n) is 7.86. The topological polar surface area (TPSA) is 86.0 Å². The SMILES string of the molecule is CCc1cc(=O)oc2cc(OC(=O)[C@@H]3CCCN3C(=O)OC(C)(C)C)ccc12. The number of hydrogen-bond acceptors (Lipinski definition) is 6. The number of carbonyl (C=O) groups is 2. The monoisotopic (exact) mass is 387 g/mol. The Hall–Kier alpha value is -2.83. The summed E-state index contributed by atoms with van der Waals surface area (Å²) in [7, 11) is 0. The number of fused-ring (bicyclic) bond motifs is 1. The predicted molar refractivity (Wildman–Crippen MR) is 103 cm³/mol. The number of benzene rings is 1. The van der Waals surface area contributed by atoms with Crippen molar-refractivity contribution in [1.82, 2.24) is 4.90 Å². The van der Waals surface area contributed by atoms with E-state index in [4.69, 9.17) is 13.9 Å². The number of nitrogens with zero attached hydrogens (tertiary/aromatic N) is 1. The molecule has 1 fully saturated rings. The van der Waals surface area contributed by atoms with Gasteiger partial charge in [0.1, 0.15) is 23.0 Å². The van der Waals surface area contributed by atoms with E-state index in [2.05, 4.69) is 0 Å². The Labute approximate surface area is 163 Å². The van der Waals surface area contributed by atoms with Crippen molar-refractivity contribution in [2.75, 3.05) is 6.54 Å². The highest BCUT2D eigenvalue weighted by molar-refractivity contribution is 5.86. The smallest absolute Gasteiger partial charge is 0.411 e. The van der Waals surface area contributed by atoms with Crippen LogP contribution in [0.1, 0.15) is 46.1 Å². The first-order chi connectivity index (χ1) is 13.2. The number of aryl methyl sites for hydroxylation is 1. The summed E-state index contributed by atoms with van der Waals surface area (Å²) in [6.07, 6.45) is 1.38.